The lowest BCUT2D eigenvalue weighted by atomic mass is 10.1. The van der Waals surface area contributed by atoms with E-state index in [0.29, 0.717) is 25.0 Å². The maximum Gasteiger partial charge on any atom is 0.238 e. The number of hydrogen-bond donors (Lipinski definition) is 1. The van der Waals surface area contributed by atoms with Gasteiger partial charge in [-0.2, -0.15) is 0 Å². The van der Waals surface area contributed by atoms with Crippen molar-refractivity contribution in [3.8, 4) is 11.4 Å². The van der Waals surface area contributed by atoms with E-state index in [1.807, 2.05) is 25.4 Å². The number of anilines is 2. The van der Waals surface area contributed by atoms with Crippen molar-refractivity contribution < 1.29 is 9.15 Å². The van der Waals surface area contributed by atoms with E-state index in [9.17, 15) is 0 Å². The van der Waals surface area contributed by atoms with Gasteiger partial charge >= 0.3 is 0 Å². The van der Waals surface area contributed by atoms with Crippen molar-refractivity contribution >= 4 is 22.4 Å². The minimum Gasteiger partial charge on any atom is -0.423 e. The summed E-state index contributed by atoms with van der Waals surface area (Å²) < 4.78 is 11.7. The zero-order valence-corrected chi connectivity index (χ0v) is 18.2. The summed E-state index contributed by atoms with van der Waals surface area (Å²) in [7, 11) is 0. The quantitative estimate of drug-likeness (QED) is 0.526. The average Bonchev–Trinajstić information content (AvgIpc) is 3.52. The molecule has 1 N–H and O–H groups in total. The lowest BCUT2D eigenvalue weighted by Crippen LogP contribution is -2.56. The van der Waals surface area contributed by atoms with Crippen LogP contribution in [0.2, 0.25) is 0 Å². The van der Waals surface area contributed by atoms with Gasteiger partial charge in [-0.05, 0) is 19.1 Å². The number of fused-ring (bicyclic) bond motifs is 4. The van der Waals surface area contributed by atoms with Crippen LogP contribution in [0.4, 0.5) is 11.5 Å². The van der Waals surface area contributed by atoms with E-state index in [0.717, 1.165) is 53.3 Å². The number of nitrogens with one attached hydrogen (secondary N) is 1. The first-order chi connectivity index (χ1) is 15.7. The van der Waals surface area contributed by atoms with E-state index >= 15 is 0 Å². The van der Waals surface area contributed by atoms with Crippen LogP contribution in [-0.2, 0) is 11.2 Å². The van der Waals surface area contributed by atoms with Crippen LogP contribution in [0.5, 0.6) is 0 Å². The summed E-state index contributed by atoms with van der Waals surface area (Å²) in [5.74, 6) is 2.92. The average molecular weight is 432 g/mol. The number of aromatic amines is 1. The topological polar surface area (TPSA) is 96.2 Å². The Morgan fingerprint density at radius 1 is 1.25 bits per heavy atom. The summed E-state index contributed by atoms with van der Waals surface area (Å²) in [6.45, 7) is 7.06. The lowest BCUT2D eigenvalue weighted by Gasteiger charge is -2.46. The summed E-state index contributed by atoms with van der Waals surface area (Å²) in [4.78, 5) is 17.8. The van der Waals surface area contributed by atoms with Gasteiger partial charge in [-0.1, -0.05) is 19.1 Å². The fourth-order valence-electron chi connectivity index (χ4n) is 4.68. The van der Waals surface area contributed by atoms with Gasteiger partial charge in [0, 0.05) is 42.2 Å². The number of aryl methyl sites for hydroxylation is 1. The Balaban J connectivity index is 1.45. The molecule has 6 rings (SSSR count). The fraction of sp³-hybridized carbons (Fsp3) is 0.391. The molecule has 164 valence electrons. The van der Waals surface area contributed by atoms with E-state index in [1.165, 1.54) is 0 Å². The Morgan fingerprint density at radius 2 is 2.19 bits per heavy atom. The van der Waals surface area contributed by atoms with Crippen molar-refractivity contribution in [2.75, 3.05) is 36.1 Å². The first-order valence-electron chi connectivity index (χ1n) is 11.1. The normalized spacial score (nSPS) is 19.1. The number of hydrogen-bond acceptors (Lipinski definition) is 8. The van der Waals surface area contributed by atoms with Gasteiger partial charge in [0.05, 0.1) is 31.1 Å². The van der Waals surface area contributed by atoms with Gasteiger partial charge in [-0.3, -0.25) is 0 Å². The molecule has 2 aliphatic rings. The molecule has 5 heterocycles. The van der Waals surface area contributed by atoms with Crippen LogP contribution in [0.15, 0.2) is 41.1 Å². The molecule has 9 heteroatoms. The third-order valence-corrected chi connectivity index (χ3v) is 6.41. The summed E-state index contributed by atoms with van der Waals surface area (Å²) in [5, 5.41) is 9.55. The highest BCUT2D eigenvalue weighted by molar-refractivity contribution is 5.93. The Kier molecular flexibility index (Phi) is 4.57. The monoisotopic (exact) mass is 431 g/mol. The number of benzene rings is 1. The highest BCUT2D eigenvalue weighted by atomic mass is 16.5. The third-order valence-electron chi connectivity index (χ3n) is 6.41. The van der Waals surface area contributed by atoms with Crippen molar-refractivity contribution in [3.63, 3.8) is 0 Å². The van der Waals surface area contributed by atoms with Gasteiger partial charge in [-0.15, -0.1) is 10.2 Å². The minimum absolute atomic E-state index is 0.0896. The number of aromatic nitrogens is 5. The molecule has 1 aromatic carbocycles. The van der Waals surface area contributed by atoms with Gasteiger partial charge in [0.2, 0.25) is 11.8 Å². The second-order valence-electron chi connectivity index (χ2n) is 8.28. The van der Waals surface area contributed by atoms with E-state index in [1.54, 1.807) is 0 Å². The molecule has 2 atom stereocenters. The molecule has 32 heavy (non-hydrogen) atoms. The molecule has 0 amide bonds. The zero-order chi connectivity index (χ0) is 21.7. The highest BCUT2D eigenvalue weighted by Crippen LogP contribution is 2.40. The first-order valence-corrected chi connectivity index (χ1v) is 11.1. The fourth-order valence-corrected chi connectivity index (χ4v) is 4.68. The Bertz CT molecular complexity index is 1270. The molecule has 0 radical (unpaired) electrons. The van der Waals surface area contributed by atoms with E-state index in [-0.39, 0.29) is 12.1 Å². The van der Waals surface area contributed by atoms with Crippen molar-refractivity contribution in [3.05, 3.63) is 48.4 Å². The Hall–Kier alpha value is -3.46. The molecular weight excluding hydrogens is 406 g/mol. The predicted molar refractivity (Wildman–Crippen MR) is 121 cm³/mol. The number of nitrogens with zero attached hydrogens (tertiary/aromatic N) is 6. The highest BCUT2D eigenvalue weighted by Gasteiger charge is 2.38. The van der Waals surface area contributed by atoms with Gasteiger partial charge < -0.3 is 23.9 Å². The molecule has 4 aromatic rings. The largest absolute Gasteiger partial charge is 0.423 e. The van der Waals surface area contributed by atoms with Crippen LogP contribution in [0.25, 0.3) is 22.3 Å². The second kappa shape index (κ2) is 7.59. The molecular formula is C23H25N7O2. The maximum absolute atomic E-state index is 5.88. The summed E-state index contributed by atoms with van der Waals surface area (Å²) in [5.41, 5.74) is 3.08. The van der Waals surface area contributed by atoms with Crippen LogP contribution in [0.3, 0.4) is 0 Å². The zero-order valence-electron chi connectivity index (χ0n) is 18.2. The van der Waals surface area contributed by atoms with Crippen LogP contribution in [-0.4, -0.2) is 57.5 Å². The summed E-state index contributed by atoms with van der Waals surface area (Å²) >= 11 is 0. The third kappa shape index (κ3) is 3.03. The standard InChI is InChI=1S/C23H25N7O2/c1-3-20-27-28-23(32-20)14(2)30-12-15-13-31-10-9-29(15)22-19(30)11-25-21(26-22)17-5-4-6-18-16(17)7-8-24-18/h4-8,11,14-15,24H,3,9-10,12-13H2,1-2H3. The van der Waals surface area contributed by atoms with Crippen molar-refractivity contribution in [2.45, 2.75) is 32.4 Å². The molecule has 2 unspecified atom stereocenters. The summed E-state index contributed by atoms with van der Waals surface area (Å²) in [6, 6.07) is 8.35. The van der Waals surface area contributed by atoms with Gasteiger partial charge in [0.15, 0.2) is 11.6 Å². The molecule has 9 nitrogen and oxygen atoms in total. The minimum atomic E-state index is -0.0896. The molecule has 1 saturated heterocycles. The van der Waals surface area contributed by atoms with E-state index < -0.39 is 0 Å². The lowest BCUT2D eigenvalue weighted by molar-refractivity contribution is 0.0929. The molecule has 0 bridgehead atoms. The molecule has 3 aromatic heterocycles. The molecule has 0 saturated carbocycles. The van der Waals surface area contributed by atoms with Crippen molar-refractivity contribution in [1.82, 2.24) is 25.1 Å². The molecule has 0 aliphatic carbocycles. The Morgan fingerprint density at radius 3 is 3.06 bits per heavy atom. The molecule has 2 aliphatic heterocycles. The number of H-pyrrole nitrogens is 1. The van der Waals surface area contributed by atoms with Crippen LogP contribution in [0.1, 0.15) is 31.7 Å². The maximum atomic E-state index is 5.88. The van der Waals surface area contributed by atoms with Crippen LogP contribution in [0, 0.1) is 0 Å². The Labute approximate surface area is 185 Å². The van der Waals surface area contributed by atoms with Crippen molar-refractivity contribution in [1.29, 1.82) is 0 Å². The van der Waals surface area contributed by atoms with Crippen LogP contribution < -0.4 is 9.80 Å². The SMILES string of the molecule is CCc1nnc(C(C)N2CC3COCCN3c3nc(-c4cccc5[nH]ccc45)ncc32)o1. The van der Waals surface area contributed by atoms with Crippen LogP contribution >= 0.6 is 0 Å². The second-order valence-corrected chi connectivity index (χ2v) is 8.28. The predicted octanol–water partition coefficient (Wildman–Crippen LogP) is 3.36. The van der Waals surface area contributed by atoms with Crippen molar-refractivity contribution in [2.24, 2.45) is 0 Å². The molecule has 1 fully saturated rings. The van der Waals surface area contributed by atoms with Gasteiger partial charge in [-0.25, -0.2) is 9.97 Å². The van der Waals surface area contributed by atoms with E-state index in [4.69, 9.17) is 19.1 Å². The van der Waals surface area contributed by atoms with Gasteiger partial charge in [0.25, 0.3) is 0 Å². The molecule has 0 spiro atoms. The summed E-state index contributed by atoms with van der Waals surface area (Å²) in [6.07, 6.45) is 4.60. The number of ether oxygens (including phenoxy) is 1. The first kappa shape index (κ1) is 19.2. The smallest absolute Gasteiger partial charge is 0.238 e. The number of rotatable bonds is 4. The van der Waals surface area contributed by atoms with E-state index in [2.05, 4.69) is 50.1 Å². The number of morpholine rings is 1. The van der Waals surface area contributed by atoms with Gasteiger partial charge in [0.1, 0.15) is 6.04 Å².